The van der Waals surface area contributed by atoms with E-state index in [9.17, 15) is 4.79 Å². The molecule has 0 fully saturated rings. The zero-order valence-corrected chi connectivity index (χ0v) is 13.9. The van der Waals surface area contributed by atoms with Crippen molar-refractivity contribution >= 4 is 40.7 Å². The summed E-state index contributed by atoms with van der Waals surface area (Å²) in [5.41, 5.74) is 1.05. The van der Waals surface area contributed by atoms with Gasteiger partial charge < -0.3 is 10.1 Å². The molecule has 1 aromatic heterocycles. The fourth-order valence-electron chi connectivity index (χ4n) is 1.92. The van der Waals surface area contributed by atoms with Gasteiger partial charge in [0, 0.05) is 35.5 Å². The van der Waals surface area contributed by atoms with Crippen molar-refractivity contribution in [3.05, 3.63) is 62.9 Å². The highest BCUT2D eigenvalue weighted by Crippen LogP contribution is 2.27. The van der Waals surface area contributed by atoms with Crippen molar-refractivity contribution in [3.8, 4) is 0 Å². The Bertz CT molecular complexity index is 680. The Labute approximate surface area is 143 Å². The minimum absolute atomic E-state index is 0.151. The van der Waals surface area contributed by atoms with Crippen LogP contribution < -0.4 is 5.32 Å². The second kappa shape index (κ2) is 7.79. The maximum atomic E-state index is 12.1. The molecule has 0 unspecified atom stereocenters. The van der Waals surface area contributed by atoms with Crippen molar-refractivity contribution in [2.24, 2.45) is 0 Å². The van der Waals surface area contributed by atoms with Crippen LogP contribution in [0.4, 0.5) is 0 Å². The van der Waals surface area contributed by atoms with E-state index in [0.29, 0.717) is 15.6 Å². The number of benzene rings is 1. The largest absolute Gasteiger partial charge is 0.375 e. The van der Waals surface area contributed by atoms with E-state index in [0.717, 1.165) is 5.56 Å². The molecule has 0 radical (unpaired) electrons. The lowest BCUT2D eigenvalue weighted by Gasteiger charge is -2.18. The van der Waals surface area contributed by atoms with Crippen LogP contribution >= 0.6 is 34.8 Å². The first-order valence-electron chi connectivity index (χ1n) is 6.39. The lowest BCUT2D eigenvalue weighted by atomic mass is 10.1. The number of hydrogen-bond donors (Lipinski definition) is 1. The number of methoxy groups -OCH3 is 1. The number of carbonyl (C=O) groups excluding carboxylic acids is 1. The normalized spacial score (nSPS) is 12.0. The van der Waals surface area contributed by atoms with E-state index in [4.69, 9.17) is 39.5 Å². The number of carbonyl (C=O) groups is 1. The van der Waals surface area contributed by atoms with E-state index in [-0.39, 0.29) is 17.6 Å². The van der Waals surface area contributed by atoms with Crippen LogP contribution in [0.5, 0.6) is 0 Å². The summed E-state index contributed by atoms with van der Waals surface area (Å²) < 4.78 is 5.38. The van der Waals surface area contributed by atoms with Gasteiger partial charge in [-0.05, 0) is 24.3 Å². The summed E-state index contributed by atoms with van der Waals surface area (Å²) in [6.07, 6.45) is 1.12. The molecular weight excluding hydrogens is 347 g/mol. The predicted octanol–water partition coefficient (Wildman–Crippen LogP) is 4.16. The first-order chi connectivity index (χ1) is 10.5. The molecule has 2 rings (SSSR count). The summed E-state index contributed by atoms with van der Waals surface area (Å²) in [6, 6.07) is 8.35. The van der Waals surface area contributed by atoms with Crippen molar-refractivity contribution in [2.45, 2.75) is 6.10 Å². The lowest BCUT2D eigenvalue weighted by molar-refractivity contribution is 0.0828. The molecule has 116 valence electrons. The van der Waals surface area contributed by atoms with Crippen molar-refractivity contribution in [2.75, 3.05) is 13.7 Å². The second-order valence-corrected chi connectivity index (χ2v) is 5.64. The van der Waals surface area contributed by atoms with Gasteiger partial charge in [-0.2, -0.15) is 0 Å². The Morgan fingerprint density at radius 1 is 1.32 bits per heavy atom. The topological polar surface area (TPSA) is 51.2 Å². The summed E-state index contributed by atoms with van der Waals surface area (Å²) in [6.45, 7) is 0.238. The van der Waals surface area contributed by atoms with Crippen LogP contribution in [0, 0.1) is 0 Å². The molecule has 1 heterocycles. The molecule has 0 aliphatic rings. The predicted molar refractivity (Wildman–Crippen MR) is 87.8 cm³/mol. The summed E-state index contributed by atoms with van der Waals surface area (Å²) in [5, 5.41) is 3.92. The van der Waals surface area contributed by atoms with Gasteiger partial charge in [0.15, 0.2) is 0 Å². The van der Waals surface area contributed by atoms with Crippen molar-refractivity contribution in [3.63, 3.8) is 0 Å². The van der Waals surface area contributed by atoms with Gasteiger partial charge >= 0.3 is 0 Å². The Balaban J connectivity index is 2.08. The third kappa shape index (κ3) is 4.11. The van der Waals surface area contributed by atoms with Gasteiger partial charge in [-0.15, -0.1) is 0 Å². The van der Waals surface area contributed by atoms with Crippen molar-refractivity contribution in [1.82, 2.24) is 10.3 Å². The lowest BCUT2D eigenvalue weighted by Crippen LogP contribution is -2.29. The molecule has 7 heteroatoms. The number of nitrogens with zero attached hydrogens (tertiary/aromatic N) is 1. The van der Waals surface area contributed by atoms with Crippen LogP contribution in [0.1, 0.15) is 22.0 Å². The summed E-state index contributed by atoms with van der Waals surface area (Å²) in [7, 11) is 1.54. The smallest absolute Gasteiger partial charge is 0.254 e. The summed E-state index contributed by atoms with van der Waals surface area (Å²) in [5.74, 6) is -0.328. The number of aromatic nitrogens is 1. The molecule has 1 N–H and O–H groups in total. The molecule has 1 atom stereocenters. The Morgan fingerprint density at radius 3 is 2.73 bits per heavy atom. The van der Waals surface area contributed by atoms with Crippen LogP contribution in [0.15, 0.2) is 36.5 Å². The van der Waals surface area contributed by atoms with Crippen LogP contribution in [0.25, 0.3) is 0 Å². The minimum Gasteiger partial charge on any atom is -0.375 e. The zero-order chi connectivity index (χ0) is 16.1. The second-order valence-electron chi connectivity index (χ2n) is 4.44. The molecule has 4 nitrogen and oxygen atoms in total. The minimum atomic E-state index is -0.399. The molecular formula is C15H13Cl3N2O2. The summed E-state index contributed by atoms with van der Waals surface area (Å²) >= 11 is 17.9. The average Bonchev–Trinajstić information content (AvgIpc) is 2.49. The van der Waals surface area contributed by atoms with Gasteiger partial charge in [0.2, 0.25) is 0 Å². The van der Waals surface area contributed by atoms with Gasteiger partial charge in [-0.3, -0.25) is 4.79 Å². The van der Waals surface area contributed by atoms with Gasteiger partial charge in [0.05, 0.1) is 5.56 Å². The van der Waals surface area contributed by atoms with E-state index >= 15 is 0 Å². The molecule has 0 spiro atoms. The average molecular weight is 360 g/mol. The van der Waals surface area contributed by atoms with E-state index in [1.807, 2.05) is 0 Å². The molecule has 0 saturated carbocycles. The van der Waals surface area contributed by atoms with Crippen molar-refractivity contribution in [1.29, 1.82) is 0 Å². The molecule has 22 heavy (non-hydrogen) atoms. The monoisotopic (exact) mass is 358 g/mol. The van der Waals surface area contributed by atoms with E-state index in [1.54, 1.807) is 37.4 Å². The van der Waals surface area contributed by atoms with Gasteiger partial charge in [-0.1, -0.05) is 40.9 Å². The summed E-state index contributed by atoms with van der Waals surface area (Å²) in [4.78, 5) is 16.0. The molecule has 0 aliphatic carbocycles. The first kappa shape index (κ1) is 17.0. The fourth-order valence-corrected chi connectivity index (χ4v) is 2.65. The highest BCUT2D eigenvalue weighted by atomic mass is 35.5. The van der Waals surface area contributed by atoms with Crippen LogP contribution in [-0.2, 0) is 4.74 Å². The van der Waals surface area contributed by atoms with Gasteiger partial charge in [0.1, 0.15) is 11.3 Å². The highest BCUT2D eigenvalue weighted by Gasteiger charge is 2.17. The number of amides is 1. The maximum Gasteiger partial charge on any atom is 0.254 e. The van der Waals surface area contributed by atoms with Crippen LogP contribution in [0.2, 0.25) is 15.2 Å². The SMILES string of the molecule is CO[C@H](CNC(=O)c1cccnc1Cl)c1ccc(Cl)cc1Cl. The van der Waals surface area contributed by atoms with Crippen LogP contribution in [0.3, 0.4) is 0 Å². The number of halogens is 3. The van der Waals surface area contributed by atoms with Gasteiger partial charge in [-0.25, -0.2) is 4.98 Å². The first-order valence-corrected chi connectivity index (χ1v) is 7.52. The van der Waals surface area contributed by atoms with Crippen molar-refractivity contribution < 1.29 is 9.53 Å². The molecule has 2 aromatic rings. The third-order valence-electron chi connectivity index (χ3n) is 3.05. The number of pyridine rings is 1. The quantitative estimate of drug-likeness (QED) is 0.816. The maximum absolute atomic E-state index is 12.1. The Morgan fingerprint density at radius 2 is 2.09 bits per heavy atom. The fraction of sp³-hybridized carbons (Fsp3) is 0.200. The van der Waals surface area contributed by atoms with E-state index in [2.05, 4.69) is 10.3 Å². The highest BCUT2D eigenvalue weighted by molar-refractivity contribution is 6.35. The number of ether oxygens (including phenoxy) is 1. The molecule has 1 aromatic carbocycles. The number of nitrogens with one attached hydrogen (secondary N) is 1. The van der Waals surface area contributed by atoms with Crippen LogP contribution in [-0.4, -0.2) is 24.5 Å². The number of rotatable bonds is 5. The van der Waals surface area contributed by atoms with Gasteiger partial charge in [0.25, 0.3) is 5.91 Å². The standard InChI is InChI=1S/C15H13Cl3N2O2/c1-22-13(10-5-4-9(16)7-12(10)17)8-20-15(21)11-3-2-6-19-14(11)18/h2-7,13H,8H2,1H3,(H,20,21)/t13-/m1/s1. The molecule has 1 amide bonds. The molecule has 0 aliphatic heterocycles. The number of hydrogen-bond acceptors (Lipinski definition) is 3. The van der Waals surface area contributed by atoms with E-state index < -0.39 is 6.10 Å². The third-order valence-corrected chi connectivity index (χ3v) is 3.91. The zero-order valence-electron chi connectivity index (χ0n) is 11.6. The molecule has 0 bridgehead atoms. The van der Waals surface area contributed by atoms with E-state index in [1.165, 1.54) is 6.20 Å². The Hall–Kier alpha value is -1.33. The Kier molecular flexibility index (Phi) is 6.03. The molecule has 0 saturated heterocycles.